The van der Waals surface area contributed by atoms with Gasteiger partial charge in [0.15, 0.2) is 0 Å². The molecule has 6 heteroatoms. The van der Waals surface area contributed by atoms with Gasteiger partial charge in [0.05, 0.1) is 23.3 Å². The maximum absolute atomic E-state index is 13.4. The van der Waals surface area contributed by atoms with Crippen molar-refractivity contribution in [1.29, 1.82) is 0 Å². The van der Waals surface area contributed by atoms with E-state index in [1.165, 1.54) is 12.1 Å². The Morgan fingerprint density at radius 1 is 1.04 bits per heavy atom. The van der Waals surface area contributed by atoms with E-state index in [1.807, 2.05) is 36.4 Å². The van der Waals surface area contributed by atoms with Gasteiger partial charge < -0.3 is 4.74 Å². The van der Waals surface area contributed by atoms with Gasteiger partial charge in [-0.25, -0.2) is 9.37 Å². The van der Waals surface area contributed by atoms with Crippen molar-refractivity contribution in [1.82, 2.24) is 4.98 Å². The number of allylic oxidation sites excluding steroid dienone is 2. The molecule has 0 amide bonds. The molecule has 1 unspecified atom stereocenters. The summed E-state index contributed by atoms with van der Waals surface area (Å²) in [7, 11) is 0. The van der Waals surface area contributed by atoms with Crippen molar-refractivity contribution < 1.29 is 9.13 Å². The summed E-state index contributed by atoms with van der Waals surface area (Å²) in [6.45, 7) is 0.348. The Kier molecular flexibility index (Phi) is 5.93. The third-order valence-corrected chi connectivity index (χ3v) is 5.86. The van der Waals surface area contributed by atoms with Gasteiger partial charge in [0.25, 0.3) is 0 Å². The lowest BCUT2D eigenvalue weighted by Gasteiger charge is -2.16. The molecule has 0 aliphatic heterocycles. The second-order valence-corrected chi connectivity index (χ2v) is 8.36. The summed E-state index contributed by atoms with van der Waals surface area (Å²) in [6, 6.07) is 16.4. The largest absolute Gasteiger partial charge is 0.367 e. The molecule has 0 bridgehead atoms. The molecule has 1 aliphatic rings. The first kappa shape index (κ1) is 19.3. The number of ether oxygens (including phenoxy) is 1. The highest BCUT2D eigenvalue weighted by atomic mass is 35.5. The van der Waals surface area contributed by atoms with Gasteiger partial charge in [0.1, 0.15) is 10.8 Å². The fourth-order valence-electron chi connectivity index (χ4n) is 2.99. The lowest BCUT2D eigenvalue weighted by molar-refractivity contribution is 0.0723. The fourth-order valence-corrected chi connectivity index (χ4v) is 4.60. The van der Waals surface area contributed by atoms with Crippen LogP contribution >= 0.6 is 34.5 Å². The van der Waals surface area contributed by atoms with Crippen molar-refractivity contribution in [3.05, 3.63) is 87.6 Å². The highest BCUT2D eigenvalue weighted by Gasteiger charge is 2.18. The van der Waals surface area contributed by atoms with Crippen LogP contribution in [0.1, 0.15) is 11.4 Å². The molecule has 3 aromatic rings. The summed E-state index contributed by atoms with van der Waals surface area (Å²) in [5.74, 6) is -0.269. The maximum Gasteiger partial charge on any atom is 0.123 e. The van der Waals surface area contributed by atoms with E-state index < -0.39 is 0 Å². The normalized spacial score (nSPS) is 16.6. The maximum atomic E-state index is 13.4. The molecule has 1 heterocycles. The Morgan fingerprint density at radius 3 is 2.50 bits per heavy atom. The molecule has 28 heavy (non-hydrogen) atoms. The summed E-state index contributed by atoms with van der Waals surface area (Å²) < 4.78 is 19.3. The Balaban J connectivity index is 1.62. The zero-order valence-electron chi connectivity index (χ0n) is 14.7. The average Bonchev–Trinajstić information content (AvgIpc) is 3.11. The quantitative estimate of drug-likeness (QED) is 0.427. The number of aromatic nitrogens is 1. The highest BCUT2D eigenvalue weighted by Crippen LogP contribution is 2.37. The zero-order valence-corrected chi connectivity index (χ0v) is 17.1. The number of thiazole rings is 1. The Labute approximate surface area is 176 Å². The SMILES string of the molecule is Fc1ccc(-c2nc(COC3C=C(Cl)C=C(Cl)C3)sc2-c2ccccc2)cc1. The standard InChI is InChI=1S/C22H16Cl2FNOS/c23-16-10-17(24)12-19(11-16)27-13-20-26-21(14-6-8-18(25)9-7-14)22(28-20)15-4-2-1-3-5-15/h1-11,19H,12-13H2. The van der Waals surface area contributed by atoms with Gasteiger partial charge in [-0.1, -0.05) is 53.5 Å². The summed E-state index contributed by atoms with van der Waals surface area (Å²) in [5, 5.41) is 2.10. The molecule has 0 saturated heterocycles. The van der Waals surface area contributed by atoms with Gasteiger partial charge >= 0.3 is 0 Å². The van der Waals surface area contributed by atoms with Crippen molar-refractivity contribution in [3.8, 4) is 21.7 Å². The average molecular weight is 432 g/mol. The van der Waals surface area contributed by atoms with E-state index in [4.69, 9.17) is 32.9 Å². The van der Waals surface area contributed by atoms with Crippen molar-refractivity contribution in [2.24, 2.45) is 0 Å². The van der Waals surface area contributed by atoms with Crippen LogP contribution < -0.4 is 0 Å². The first-order valence-corrected chi connectivity index (χ1v) is 10.3. The van der Waals surface area contributed by atoms with Crippen LogP contribution in [0.15, 0.2) is 76.8 Å². The van der Waals surface area contributed by atoms with Gasteiger partial charge in [-0.15, -0.1) is 11.3 Å². The number of nitrogens with zero attached hydrogens (tertiary/aromatic N) is 1. The van der Waals surface area contributed by atoms with Crippen LogP contribution in [0.25, 0.3) is 21.7 Å². The summed E-state index contributed by atoms with van der Waals surface area (Å²) in [4.78, 5) is 5.81. The molecule has 0 spiro atoms. The topological polar surface area (TPSA) is 22.1 Å². The third kappa shape index (κ3) is 4.53. The fraction of sp³-hybridized carbons (Fsp3) is 0.136. The Bertz CT molecular complexity index is 1030. The number of rotatable bonds is 5. The highest BCUT2D eigenvalue weighted by molar-refractivity contribution is 7.15. The van der Waals surface area contributed by atoms with Crippen LogP contribution in [0.3, 0.4) is 0 Å². The van der Waals surface area contributed by atoms with Crippen LogP contribution in [0.4, 0.5) is 4.39 Å². The molecule has 1 aromatic heterocycles. The summed E-state index contributed by atoms with van der Waals surface area (Å²) >= 11 is 13.7. The van der Waals surface area contributed by atoms with Gasteiger partial charge in [-0.3, -0.25) is 0 Å². The lowest BCUT2D eigenvalue weighted by atomic mass is 10.1. The molecule has 1 atom stereocenters. The van der Waals surface area contributed by atoms with E-state index in [9.17, 15) is 4.39 Å². The predicted octanol–water partition coefficient (Wildman–Crippen LogP) is 7.15. The molecule has 1 aliphatic carbocycles. The molecule has 0 N–H and O–H groups in total. The minimum absolute atomic E-state index is 0.177. The lowest BCUT2D eigenvalue weighted by Crippen LogP contribution is -2.12. The predicted molar refractivity (Wildman–Crippen MR) is 114 cm³/mol. The van der Waals surface area contributed by atoms with E-state index in [1.54, 1.807) is 29.5 Å². The molecule has 2 nitrogen and oxygen atoms in total. The van der Waals surface area contributed by atoms with Crippen LogP contribution in [0, 0.1) is 5.82 Å². The van der Waals surface area contributed by atoms with Crippen molar-refractivity contribution in [2.75, 3.05) is 0 Å². The summed E-state index contributed by atoms with van der Waals surface area (Å²) in [5.41, 5.74) is 2.76. The second kappa shape index (κ2) is 8.58. The van der Waals surface area contributed by atoms with E-state index in [0.717, 1.165) is 26.7 Å². The van der Waals surface area contributed by atoms with Crippen molar-refractivity contribution in [2.45, 2.75) is 19.1 Å². The molecule has 0 fully saturated rings. The van der Waals surface area contributed by atoms with Gasteiger partial charge in [-0.2, -0.15) is 0 Å². The molecule has 0 radical (unpaired) electrons. The number of halogens is 3. The molecular weight excluding hydrogens is 416 g/mol. The third-order valence-electron chi connectivity index (χ3n) is 4.28. The first-order valence-electron chi connectivity index (χ1n) is 8.74. The first-order chi connectivity index (χ1) is 13.6. The second-order valence-electron chi connectivity index (χ2n) is 6.35. The van der Waals surface area contributed by atoms with Crippen LogP contribution in [0.2, 0.25) is 0 Å². The minimum Gasteiger partial charge on any atom is -0.367 e. The molecule has 2 aromatic carbocycles. The number of hydrogen-bond acceptors (Lipinski definition) is 3. The molecule has 0 saturated carbocycles. The van der Waals surface area contributed by atoms with E-state index in [0.29, 0.717) is 23.1 Å². The minimum atomic E-state index is -0.269. The van der Waals surface area contributed by atoms with E-state index in [-0.39, 0.29) is 11.9 Å². The number of benzene rings is 2. The smallest absolute Gasteiger partial charge is 0.123 e. The van der Waals surface area contributed by atoms with Crippen LogP contribution in [-0.2, 0) is 11.3 Å². The van der Waals surface area contributed by atoms with E-state index in [2.05, 4.69) is 0 Å². The monoisotopic (exact) mass is 431 g/mol. The van der Waals surface area contributed by atoms with Gasteiger partial charge in [0, 0.05) is 22.0 Å². The van der Waals surface area contributed by atoms with Crippen molar-refractivity contribution >= 4 is 34.5 Å². The van der Waals surface area contributed by atoms with Crippen molar-refractivity contribution in [3.63, 3.8) is 0 Å². The van der Waals surface area contributed by atoms with Gasteiger partial charge in [-0.05, 0) is 42.0 Å². The van der Waals surface area contributed by atoms with Gasteiger partial charge in [0.2, 0.25) is 0 Å². The summed E-state index contributed by atoms with van der Waals surface area (Å²) in [6.07, 6.45) is 4.00. The molecular formula is C22H16Cl2FNOS. The number of hydrogen-bond donors (Lipinski definition) is 0. The molecule has 4 rings (SSSR count). The van der Waals surface area contributed by atoms with Crippen LogP contribution in [-0.4, -0.2) is 11.1 Å². The Morgan fingerprint density at radius 2 is 1.79 bits per heavy atom. The Hall–Kier alpha value is -1.98. The molecule has 142 valence electrons. The van der Waals surface area contributed by atoms with Crippen LogP contribution in [0.5, 0.6) is 0 Å². The van der Waals surface area contributed by atoms with E-state index >= 15 is 0 Å². The zero-order chi connectivity index (χ0) is 19.5.